The van der Waals surface area contributed by atoms with Gasteiger partial charge in [0.15, 0.2) is 9.84 Å². The lowest BCUT2D eigenvalue weighted by atomic mass is 10.2. The zero-order valence-corrected chi connectivity index (χ0v) is 10.9. The van der Waals surface area contributed by atoms with Crippen LogP contribution in [0.3, 0.4) is 0 Å². The molecule has 0 radical (unpaired) electrons. The lowest BCUT2D eigenvalue weighted by Gasteiger charge is -2.07. The van der Waals surface area contributed by atoms with Gasteiger partial charge in [0.25, 0.3) is 0 Å². The van der Waals surface area contributed by atoms with E-state index < -0.39 is 9.84 Å². The number of hydrogen-bond donors (Lipinski definition) is 1. The van der Waals surface area contributed by atoms with E-state index in [1.54, 1.807) is 0 Å². The predicted octanol–water partition coefficient (Wildman–Crippen LogP) is 1.14. The molecule has 0 spiro atoms. The van der Waals surface area contributed by atoms with Crippen molar-refractivity contribution in [3.8, 4) is 5.75 Å². The number of sulfone groups is 1. The Morgan fingerprint density at radius 2 is 2.06 bits per heavy atom. The molecule has 0 aliphatic rings. The number of benzene rings is 1. The molecule has 0 saturated carbocycles. The Balaban J connectivity index is 2.29. The van der Waals surface area contributed by atoms with Crippen molar-refractivity contribution in [3.05, 3.63) is 29.8 Å². The predicted molar refractivity (Wildman–Crippen MR) is 69.0 cm³/mol. The van der Waals surface area contributed by atoms with E-state index in [4.69, 9.17) is 10.5 Å². The van der Waals surface area contributed by atoms with E-state index in [0.717, 1.165) is 11.3 Å². The summed E-state index contributed by atoms with van der Waals surface area (Å²) in [6.07, 6.45) is 0.496. The first-order valence-electron chi connectivity index (χ1n) is 5.63. The Kier molecular flexibility index (Phi) is 5.44. The van der Waals surface area contributed by atoms with Gasteiger partial charge in [-0.05, 0) is 31.0 Å². The third-order valence-electron chi connectivity index (χ3n) is 2.29. The van der Waals surface area contributed by atoms with Crippen LogP contribution in [-0.2, 0) is 9.84 Å². The maximum Gasteiger partial charge on any atom is 0.151 e. The summed E-state index contributed by atoms with van der Waals surface area (Å²) in [5.74, 6) is 0.967. The van der Waals surface area contributed by atoms with Gasteiger partial charge in [0, 0.05) is 6.54 Å². The van der Waals surface area contributed by atoms with E-state index in [9.17, 15) is 8.42 Å². The van der Waals surface area contributed by atoms with Crippen molar-refractivity contribution >= 4 is 9.84 Å². The van der Waals surface area contributed by atoms with Crippen molar-refractivity contribution in [2.24, 2.45) is 5.73 Å². The monoisotopic (exact) mass is 257 g/mol. The van der Waals surface area contributed by atoms with E-state index in [1.807, 2.05) is 31.2 Å². The van der Waals surface area contributed by atoms with E-state index in [-0.39, 0.29) is 18.1 Å². The molecule has 2 N–H and O–H groups in total. The Morgan fingerprint density at radius 3 is 2.71 bits per heavy atom. The molecule has 0 amide bonds. The van der Waals surface area contributed by atoms with Crippen LogP contribution < -0.4 is 10.5 Å². The SMILES string of the molecule is Cc1cccc(OCCCS(=O)(=O)CCN)c1. The summed E-state index contributed by atoms with van der Waals surface area (Å²) in [6.45, 7) is 2.58. The number of ether oxygens (including phenoxy) is 1. The molecule has 5 heteroatoms. The summed E-state index contributed by atoms with van der Waals surface area (Å²) >= 11 is 0. The second kappa shape index (κ2) is 6.61. The van der Waals surface area contributed by atoms with Crippen LogP contribution >= 0.6 is 0 Å². The molecule has 0 bridgehead atoms. The van der Waals surface area contributed by atoms with E-state index in [2.05, 4.69) is 0 Å². The number of aryl methyl sites for hydroxylation is 1. The van der Waals surface area contributed by atoms with Crippen LogP contribution in [0.25, 0.3) is 0 Å². The van der Waals surface area contributed by atoms with Crippen molar-refractivity contribution in [3.63, 3.8) is 0 Å². The van der Waals surface area contributed by atoms with Crippen LogP contribution in [0.2, 0.25) is 0 Å². The van der Waals surface area contributed by atoms with Crippen LogP contribution in [0.1, 0.15) is 12.0 Å². The molecule has 0 unspecified atom stereocenters. The lowest BCUT2D eigenvalue weighted by molar-refractivity contribution is 0.317. The maximum absolute atomic E-state index is 11.4. The largest absolute Gasteiger partial charge is 0.494 e. The summed E-state index contributed by atoms with van der Waals surface area (Å²) in [7, 11) is -3.00. The van der Waals surface area contributed by atoms with Crippen LogP contribution in [0, 0.1) is 6.92 Å². The zero-order chi connectivity index (χ0) is 12.7. The van der Waals surface area contributed by atoms with Crippen LogP contribution in [0.15, 0.2) is 24.3 Å². The fourth-order valence-corrected chi connectivity index (χ4v) is 2.58. The molecular weight excluding hydrogens is 238 g/mol. The Labute approximate surface area is 103 Å². The first-order chi connectivity index (χ1) is 8.03. The van der Waals surface area contributed by atoms with E-state index in [1.165, 1.54) is 0 Å². The molecule has 17 heavy (non-hydrogen) atoms. The number of hydrogen-bond acceptors (Lipinski definition) is 4. The molecule has 1 aromatic rings. The summed E-state index contributed by atoms with van der Waals surface area (Å²) in [4.78, 5) is 0. The number of nitrogens with two attached hydrogens (primary N) is 1. The fraction of sp³-hybridized carbons (Fsp3) is 0.500. The Hall–Kier alpha value is -1.07. The Bertz CT molecular complexity index is 443. The normalized spacial score (nSPS) is 11.4. The van der Waals surface area contributed by atoms with Gasteiger partial charge in [0.05, 0.1) is 18.1 Å². The number of rotatable bonds is 7. The topological polar surface area (TPSA) is 69.4 Å². The minimum Gasteiger partial charge on any atom is -0.494 e. The molecule has 4 nitrogen and oxygen atoms in total. The smallest absolute Gasteiger partial charge is 0.151 e. The average Bonchev–Trinajstić information content (AvgIpc) is 2.24. The Morgan fingerprint density at radius 1 is 1.29 bits per heavy atom. The molecule has 0 aromatic heterocycles. The van der Waals surface area contributed by atoms with Crippen LogP contribution in [0.5, 0.6) is 5.75 Å². The molecular formula is C12H19NO3S. The molecule has 0 atom stereocenters. The average molecular weight is 257 g/mol. The molecule has 0 heterocycles. The van der Waals surface area contributed by atoms with E-state index >= 15 is 0 Å². The van der Waals surface area contributed by atoms with Gasteiger partial charge in [-0.1, -0.05) is 12.1 Å². The second-order valence-electron chi connectivity index (χ2n) is 3.96. The maximum atomic E-state index is 11.4. The molecule has 96 valence electrons. The van der Waals surface area contributed by atoms with Gasteiger partial charge >= 0.3 is 0 Å². The molecule has 0 aliphatic heterocycles. The zero-order valence-electron chi connectivity index (χ0n) is 10.1. The van der Waals surface area contributed by atoms with Gasteiger partial charge in [0.1, 0.15) is 5.75 Å². The lowest BCUT2D eigenvalue weighted by Crippen LogP contribution is -2.19. The molecule has 0 fully saturated rings. The van der Waals surface area contributed by atoms with Gasteiger partial charge in [-0.25, -0.2) is 8.42 Å². The van der Waals surface area contributed by atoms with Gasteiger partial charge < -0.3 is 10.5 Å². The van der Waals surface area contributed by atoms with Crippen LogP contribution in [0.4, 0.5) is 0 Å². The fourth-order valence-electron chi connectivity index (χ4n) is 1.46. The summed E-state index contributed by atoms with van der Waals surface area (Å²) in [5.41, 5.74) is 6.34. The summed E-state index contributed by atoms with van der Waals surface area (Å²) in [5, 5.41) is 0. The highest BCUT2D eigenvalue weighted by Gasteiger charge is 2.08. The van der Waals surface area contributed by atoms with Crippen molar-refractivity contribution in [2.45, 2.75) is 13.3 Å². The van der Waals surface area contributed by atoms with Gasteiger partial charge in [-0.3, -0.25) is 0 Å². The van der Waals surface area contributed by atoms with E-state index in [0.29, 0.717) is 13.0 Å². The minimum atomic E-state index is -3.00. The summed E-state index contributed by atoms with van der Waals surface area (Å²) in [6, 6.07) is 7.68. The molecule has 1 aromatic carbocycles. The third-order valence-corrected chi connectivity index (χ3v) is 4.06. The highest BCUT2D eigenvalue weighted by Crippen LogP contribution is 2.12. The third kappa shape index (κ3) is 5.70. The summed E-state index contributed by atoms with van der Waals surface area (Å²) < 4.78 is 28.2. The van der Waals surface area contributed by atoms with Crippen molar-refractivity contribution in [1.29, 1.82) is 0 Å². The molecule has 0 saturated heterocycles. The second-order valence-corrected chi connectivity index (χ2v) is 6.26. The first-order valence-corrected chi connectivity index (χ1v) is 7.45. The molecule has 0 aliphatic carbocycles. The standard InChI is InChI=1S/C12H19NO3S/c1-11-4-2-5-12(10-11)16-7-3-8-17(14,15)9-6-13/h2,4-5,10H,3,6-9,13H2,1H3. The van der Waals surface area contributed by atoms with Crippen molar-refractivity contribution in [1.82, 2.24) is 0 Å². The van der Waals surface area contributed by atoms with Gasteiger partial charge in [-0.2, -0.15) is 0 Å². The van der Waals surface area contributed by atoms with Gasteiger partial charge in [0.2, 0.25) is 0 Å². The van der Waals surface area contributed by atoms with Crippen LogP contribution in [-0.4, -0.2) is 33.1 Å². The molecule has 1 rings (SSSR count). The quantitative estimate of drug-likeness (QED) is 0.744. The first kappa shape index (κ1) is 14.0. The minimum absolute atomic E-state index is 0.0530. The highest BCUT2D eigenvalue weighted by atomic mass is 32.2. The highest BCUT2D eigenvalue weighted by molar-refractivity contribution is 7.91. The van der Waals surface area contributed by atoms with Gasteiger partial charge in [-0.15, -0.1) is 0 Å². The van der Waals surface area contributed by atoms with Crippen molar-refractivity contribution < 1.29 is 13.2 Å². The van der Waals surface area contributed by atoms with Crippen molar-refractivity contribution in [2.75, 3.05) is 24.7 Å².